The quantitative estimate of drug-likeness (QED) is 0.715. The molecule has 2 aliphatic rings. The number of allylic oxidation sites excluding steroid dienone is 1. The lowest BCUT2D eigenvalue weighted by Gasteiger charge is -2.48. The molecule has 0 aromatic rings. The summed E-state index contributed by atoms with van der Waals surface area (Å²) in [6.45, 7) is 7.00. The summed E-state index contributed by atoms with van der Waals surface area (Å²) in [6, 6.07) is 0. The number of hydrogen-bond acceptors (Lipinski definition) is 4. The molecule has 98 valence electrons. The predicted octanol–water partition coefficient (Wildman–Crippen LogP) is 1.22. The predicted molar refractivity (Wildman–Crippen MR) is 63.4 cm³/mol. The minimum Gasteiger partial charge on any atom is -0.393 e. The van der Waals surface area contributed by atoms with Gasteiger partial charge in [0.2, 0.25) is 0 Å². The molecule has 1 heterocycles. The first-order valence-electron chi connectivity index (χ1n) is 6.21. The highest BCUT2D eigenvalue weighted by molar-refractivity contribution is 5.30. The Morgan fingerprint density at radius 3 is 2.41 bits per heavy atom. The summed E-state index contributed by atoms with van der Waals surface area (Å²) in [5, 5.41) is 19.2. The molecule has 1 aliphatic carbocycles. The number of aliphatic hydroxyl groups excluding tert-OH is 2. The van der Waals surface area contributed by atoms with Crippen LogP contribution in [-0.2, 0) is 9.47 Å². The van der Waals surface area contributed by atoms with Crippen LogP contribution in [0.5, 0.6) is 0 Å². The Labute approximate surface area is 102 Å². The monoisotopic (exact) mass is 242 g/mol. The van der Waals surface area contributed by atoms with Crippen molar-refractivity contribution in [1.82, 2.24) is 0 Å². The lowest BCUT2D eigenvalue weighted by atomic mass is 9.66. The highest BCUT2D eigenvalue weighted by Crippen LogP contribution is 2.52. The molecule has 17 heavy (non-hydrogen) atoms. The Balaban J connectivity index is 2.41. The largest absolute Gasteiger partial charge is 0.393 e. The normalized spacial score (nSPS) is 28.8. The summed E-state index contributed by atoms with van der Waals surface area (Å²) >= 11 is 0. The SMILES string of the molecule is CC1=C(C(O)CO)C(C)(C)C2(CC1)OCCO2. The van der Waals surface area contributed by atoms with Crippen LogP contribution in [0, 0.1) is 5.41 Å². The minimum atomic E-state index is -0.824. The Morgan fingerprint density at radius 1 is 1.29 bits per heavy atom. The van der Waals surface area contributed by atoms with Gasteiger partial charge in [0.1, 0.15) is 0 Å². The van der Waals surface area contributed by atoms with Crippen molar-refractivity contribution in [3.63, 3.8) is 0 Å². The fourth-order valence-corrected chi connectivity index (χ4v) is 3.29. The lowest BCUT2D eigenvalue weighted by Crippen LogP contribution is -2.52. The number of aliphatic hydroxyl groups is 2. The van der Waals surface area contributed by atoms with E-state index in [2.05, 4.69) is 0 Å². The van der Waals surface area contributed by atoms with Crippen LogP contribution in [0.2, 0.25) is 0 Å². The maximum absolute atomic E-state index is 10.0. The van der Waals surface area contributed by atoms with Gasteiger partial charge >= 0.3 is 0 Å². The smallest absolute Gasteiger partial charge is 0.177 e. The lowest BCUT2D eigenvalue weighted by molar-refractivity contribution is -0.228. The van der Waals surface area contributed by atoms with E-state index in [0.717, 1.165) is 24.0 Å². The molecular formula is C13H22O4. The second-order valence-electron chi connectivity index (χ2n) is 5.47. The van der Waals surface area contributed by atoms with Crippen LogP contribution < -0.4 is 0 Å². The van der Waals surface area contributed by atoms with Gasteiger partial charge in [0.15, 0.2) is 5.79 Å². The minimum absolute atomic E-state index is 0.258. The molecule has 4 heteroatoms. The van der Waals surface area contributed by atoms with Gasteiger partial charge < -0.3 is 19.7 Å². The average molecular weight is 242 g/mol. The molecule has 0 aromatic carbocycles. The van der Waals surface area contributed by atoms with Gasteiger partial charge in [-0.05, 0) is 18.9 Å². The van der Waals surface area contributed by atoms with E-state index in [-0.39, 0.29) is 6.61 Å². The van der Waals surface area contributed by atoms with E-state index >= 15 is 0 Å². The van der Waals surface area contributed by atoms with Crippen LogP contribution in [-0.4, -0.2) is 41.9 Å². The third-order valence-corrected chi connectivity index (χ3v) is 4.17. The Morgan fingerprint density at radius 2 is 1.88 bits per heavy atom. The van der Waals surface area contributed by atoms with Crippen molar-refractivity contribution < 1.29 is 19.7 Å². The first-order valence-corrected chi connectivity index (χ1v) is 6.21. The van der Waals surface area contributed by atoms with Crippen LogP contribution in [0.4, 0.5) is 0 Å². The van der Waals surface area contributed by atoms with Gasteiger partial charge in [-0.3, -0.25) is 0 Å². The summed E-state index contributed by atoms with van der Waals surface area (Å²) in [4.78, 5) is 0. The maximum Gasteiger partial charge on any atom is 0.177 e. The maximum atomic E-state index is 10.0. The fourth-order valence-electron chi connectivity index (χ4n) is 3.29. The summed E-state index contributed by atoms with van der Waals surface area (Å²) in [5.41, 5.74) is 1.60. The van der Waals surface area contributed by atoms with Crippen LogP contribution in [0.15, 0.2) is 11.1 Å². The van der Waals surface area contributed by atoms with Gasteiger partial charge in [0.05, 0.1) is 25.9 Å². The summed E-state index contributed by atoms with van der Waals surface area (Å²) in [7, 11) is 0. The molecule has 2 rings (SSSR count). The Kier molecular flexibility index (Phi) is 3.34. The van der Waals surface area contributed by atoms with Crippen LogP contribution in [0.25, 0.3) is 0 Å². The number of ether oxygens (including phenoxy) is 2. The van der Waals surface area contributed by atoms with E-state index in [0.29, 0.717) is 13.2 Å². The third-order valence-electron chi connectivity index (χ3n) is 4.17. The fraction of sp³-hybridized carbons (Fsp3) is 0.846. The molecular weight excluding hydrogens is 220 g/mol. The number of hydrogen-bond donors (Lipinski definition) is 2. The van der Waals surface area contributed by atoms with Gasteiger partial charge in [0, 0.05) is 11.8 Å². The molecule has 0 bridgehead atoms. The molecule has 1 saturated heterocycles. The molecule has 1 unspecified atom stereocenters. The Hall–Kier alpha value is -0.420. The zero-order valence-electron chi connectivity index (χ0n) is 10.8. The Bertz CT molecular complexity index is 326. The molecule has 4 nitrogen and oxygen atoms in total. The van der Waals surface area contributed by atoms with E-state index < -0.39 is 17.3 Å². The van der Waals surface area contributed by atoms with Gasteiger partial charge in [0.25, 0.3) is 0 Å². The summed E-state index contributed by atoms with van der Waals surface area (Å²) in [6.07, 6.45) is 0.832. The van der Waals surface area contributed by atoms with Crippen molar-refractivity contribution in [2.45, 2.75) is 45.5 Å². The standard InChI is InChI=1S/C13H22O4/c1-9-4-5-13(16-6-7-17-13)12(2,3)11(9)10(15)8-14/h10,14-15H,4-8H2,1-3H3. The summed E-state index contributed by atoms with van der Waals surface area (Å²) < 4.78 is 11.6. The van der Waals surface area contributed by atoms with E-state index in [9.17, 15) is 10.2 Å². The molecule has 1 aliphatic heterocycles. The molecule has 0 aromatic heterocycles. The highest BCUT2D eigenvalue weighted by atomic mass is 16.7. The van der Waals surface area contributed by atoms with Gasteiger partial charge in [-0.25, -0.2) is 0 Å². The van der Waals surface area contributed by atoms with E-state index in [1.54, 1.807) is 0 Å². The molecule has 0 saturated carbocycles. The van der Waals surface area contributed by atoms with Crippen molar-refractivity contribution in [3.8, 4) is 0 Å². The zero-order chi connectivity index (χ0) is 12.7. The second kappa shape index (κ2) is 4.35. The van der Waals surface area contributed by atoms with E-state index in [4.69, 9.17) is 9.47 Å². The molecule has 1 fully saturated rings. The average Bonchev–Trinajstić information content (AvgIpc) is 2.74. The molecule has 0 radical (unpaired) electrons. The van der Waals surface area contributed by atoms with E-state index in [1.165, 1.54) is 0 Å². The van der Waals surface area contributed by atoms with Crippen LogP contribution >= 0.6 is 0 Å². The topological polar surface area (TPSA) is 58.9 Å². The van der Waals surface area contributed by atoms with Crippen molar-refractivity contribution in [3.05, 3.63) is 11.1 Å². The molecule has 1 spiro atoms. The molecule has 0 amide bonds. The highest BCUT2D eigenvalue weighted by Gasteiger charge is 2.55. The van der Waals surface area contributed by atoms with Gasteiger partial charge in [-0.2, -0.15) is 0 Å². The number of rotatable bonds is 2. The van der Waals surface area contributed by atoms with Crippen molar-refractivity contribution in [2.75, 3.05) is 19.8 Å². The van der Waals surface area contributed by atoms with E-state index in [1.807, 2.05) is 20.8 Å². The van der Waals surface area contributed by atoms with Gasteiger partial charge in [-0.15, -0.1) is 0 Å². The first kappa shape index (κ1) is 13.0. The summed E-state index contributed by atoms with van der Waals surface area (Å²) in [5.74, 6) is -0.627. The van der Waals surface area contributed by atoms with Gasteiger partial charge in [-0.1, -0.05) is 19.4 Å². The molecule has 1 atom stereocenters. The van der Waals surface area contributed by atoms with Crippen molar-refractivity contribution in [1.29, 1.82) is 0 Å². The zero-order valence-corrected chi connectivity index (χ0v) is 10.8. The van der Waals surface area contributed by atoms with Crippen molar-refractivity contribution >= 4 is 0 Å². The van der Waals surface area contributed by atoms with Crippen LogP contribution in [0.3, 0.4) is 0 Å². The molecule has 2 N–H and O–H groups in total. The second-order valence-corrected chi connectivity index (χ2v) is 5.47. The van der Waals surface area contributed by atoms with Crippen molar-refractivity contribution in [2.24, 2.45) is 5.41 Å². The van der Waals surface area contributed by atoms with Crippen LogP contribution in [0.1, 0.15) is 33.6 Å². The third kappa shape index (κ3) is 1.83. The first-order chi connectivity index (χ1) is 7.94.